The lowest BCUT2D eigenvalue weighted by atomic mass is 9.72. The number of nitriles is 1. The molecular formula is C9H14N2O2. The molecule has 2 aliphatic heterocycles. The monoisotopic (exact) mass is 182 g/mol. The third kappa shape index (κ3) is 1.16. The van der Waals surface area contributed by atoms with E-state index in [0.29, 0.717) is 32.6 Å². The van der Waals surface area contributed by atoms with Crippen LogP contribution in [0, 0.1) is 16.7 Å². The molecule has 4 nitrogen and oxygen atoms in total. The Kier molecular flexibility index (Phi) is 2.03. The zero-order valence-electron chi connectivity index (χ0n) is 7.55. The Hall–Kier alpha value is -0.630. The van der Waals surface area contributed by atoms with Gasteiger partial charge < -0.3 is 15.2 Å². The summed E-state index contributed by atoms with van der Waals surface area (Å²) in [5.74, 6) is 0. The summed E-state index contributed by atoms with van der Waals surface area (Å²) in [5, 5.41) is 22.5. The predicted octanol–water partition coefficient (Wildman–Crippen LogP) is -0.359. The molecule has 0 aromatic heterocycles. The minimum Gasteiger partial charge on any atom is -0.387 e. The highest BCUT2D eigenvalue weighted by Gasteiger charge is 2.54. The van der Waals surface area contributed by atoms with Crippen molar-refractivity contribution in [3.63, 3.8) is 0 Å². The number of nitrogens with one attached hydrogen (secondary N) is 1. The van der Waals surface area contributed by atoms with E-state index in [4.69, 9.17) is 10.00 Å². The quantitative estimate of drug-likeness (QED) is 0.581. The number of β-amino-alcohol motifs (C(OH)–C–C–N with tert-alkyl or cyclic N) is 1. The zero-order chi connectivity index (χ0) is 9.36. The molecule has 0 radical (unpaired) electrons. The number of nitrogens with zero attached hydrogens (tertiary/aromatic N) is 1. The van der Waals surface area contributed by atoms with Crippen LogP contribution in [0.25, 0.3) is 0 Å². The van der Waals surface area contributed by atoms with Crippen LogP contribution in [-0.2, 0) is 4.74 Å². The van der Waals surface area contributed by atoms with E-state index >= 15 is 0 Å². The van der Waals surface area contributed by atoms with E-state index in [2.05, 4.69) is 11.4 Å². The first-order valence-corrected chi connectivity index (χ1v) is 4.65. The molecule has 0 amide bonds. The lowest BCUT2D eigenvalue weighted by Crippen LogP contribution is -2.49. The zero-order valence-corrected chi connectivity index (χ0v) is 7.55. The minimum absolute atomic E-state index is 0.377. The molecule has 2 unspecified atom stereocenters. The van der Waals surface area contributed by atoms with E-state index in [-0.39, 0.29) is 0 Å². The smallest absolute Gasteiger partial charge is 0.113 e. The maximum Gasteiger partial charge on any atom is 0.113 e. The van der Waals surface area contributed by atoms with E-state index in [9.17, 15) is 5.11 Å². The molecule has 2 rings (SSSR count). The van der Waals surface area contributed by atoms with Gasteiger partial charge >= 0.3 is 0 Å². The lowest BCUT2D eigenvalue weighted by Gasteiger charge is -2.35. The fourth-order valence-electron chi connectivity index (χ4n) is 2.21. The van der Waals surface area contributed by atoms with Crippen LogP contribution in [0.3, 0.4) is 0 Å². The number of ether oxygens (including phenoxy) is 1. The molecule has 2 heterocycles. The third-order valence-corrected chi connectivity index (χ3v) is 3.26. The Balaban J connectivity index is 2.25. The molecule has 0 aromatic rings. The lowest BCUT2D eigenvalue weighted by molar-refractivity contribution is -0.0410. The van der Waals surface area contributed by atoms with Crippen LogP contribution in [-0.4, -0.2) is 37.0 Å². The highest BCUT2D eigenvalue weighted by molar-refractivity contribution is 5.16. The summed E-state index contributed by atoms with van der Waals surface area (Å²) in [7, 11) is 0. The molecule has 2 N–H and O–H groups in total. The first kappa shape index (κ1) is 8.95. The van der Waals surface area contributed by atoms with Gasteiger partial charge in [-0.05, 0) is 19.4 Å². The topological polar surface area (TPSA) is 65.3 Å². The van der Waals surface area contributed by atoms with Crippen LogP contribution in [0.15, 0.2) is 0 Å². The number of hydrogen-bond acceptors (Lipinski definition) is 4. The minimum atomic E-state index is -0.877. The predicted molar refractivity (Wildman–Crippen MR) is 45.9 cm³/mol. The van der Waals surface area contributed by atoms with Gasteiger partial charge in [-0.3, -0.25) is 0 Å². The van der Waals surface area contributed by atoms with Gasteiger partial charge in [-0.1, -0.05) is 0 Å². The van der Waals surface area contributed by atoms with Crippen LogP contribution >= 0.6 is 0 Å². The van der Waals surface area contributed by atoms with E-state index in [1.54, 1.807) is 0 Å². The van der Waals surface area contributed by atoms with Crippen LogP contribution in [0.5, 0.6) is 0 Å². The standard InChI is InChI=1S/C9H14N2O2/c10-5-8(2-4-13-7-8)9(12)1-3-11-6-9/h11-12H,1-4,6-7H2. The summed E-state index contributed by atoms with van der Waals surface area (Å²) in [6, 6.07) is 2.24. The summed E-state index contributed by atoms with van der Waals surface area (Å²) in [4.78, 5) is 0. The van der Waals surface area contributed by atoms with Gasteiger partial charge in [-0.15, -0.1) is 0 Å². The Morgan fingerprint density at radius 1 is 1.46 bits per heavy atom. The molecule has 2 atom stereocenters. The number of rotatable bonds is 1. The Morgan fingerprint density at radius 2 is 2.31 bits per heavy atom. The average molecular weight is 182 g/mol. The van der Waals surface area contributed by atoms with Gasteiger partial charge in [0.2, 0.25) is 0 Å². The van der Waals surface area contributed by atoms with Gasteiger partial charge in [-0.2, -0.15) is 5.26 Å². The van der Waals surface area contributed by atoms with E-state index in [1.807, 2.05) is 0 Å². The maximum absolute atomic E-state index is 10.3. The van der Waals surface area contributed by atoms with Crippen molar-refractivity contribution in [2.45, 2.75) is 18.4 Å². The maximum atomic E-state index is 10.3. The van der Waals surface area contributed by atoms with Gasteiger partial charge in [0.15, 0.2) is 0 Å². The summed E-state index contributed by atoms with van der Waals surface area (Å²) in [6.45, 7) is 2.28. The summed E-state index contributed by atoms with van der Waals surface area (Å²) in [5.41, 5.74) is -1.55. The van der Waals surface area contributed by atoms with Crippen molar-refractivity contribution in [2.24, 2.45) is 5.41 Å². The summed E-state index contributed by atoms with van der Waals surface area (Å²) < 4.78 is 5.22. The normalized spacial score (nSPS) is 44.9. The summed E-state index contributed by atoms with van der Waals surface area (Å²) in [6.07, 6.45) is 1.31. The Labute approximate surface area is 77.5 Å². The molecular weight excluding hydrogens is 168 g/mol. The first-order valence-electron chi connectivity index (χ1n) is 4.65. The Morgan fingerprint density at radius 3 is 2.77 bits per heavy atom. The van der Waals surface area contributed by atoms with Crippen molar-refractivity contribution in [3.8, 4) is 6.07 Å². The van der Waals surface area contributed by atoms with E-state index in [0.717, 1.165) is 6.54 Å². The molecule has 13 heavy (non-hydrogen) atoms. The SMILES string of the molecule is N#CC1(C2(O)CCNC2)CCOC1. The van der Waals surface area contributed by atoms with Crippen LogP contribution in [0.4, 0.5) is 0 Å². The van der Waals surface area contributed by atoms with E-state index < -0.39 is 11.0 Å². The molecule has 0 aliphatic carbocycles. The molecule has 72 valence electrons. The van der Waals surface area contributed by atoms with Crippen LogP contribution in [0.2, 0.25) is 0 Å². The van der Waals surface area contributed by atoms with Crippen molar-refractivity contribution in [1.82, 2.24) is 5.32 Å². The van der Waals surface area contributed by atoms with Crippen molar-refractivity contribution in [2.75, 3.05) is 26.3 Å². The molecule has 0 spiro atoms. The summed E-state index contributed by atoms with van der Waals surface area (Å²) >= 11 is 0. The highest BCUT2D eigenvalue weighted by Crippen LogP contribution is 2.42. The second-order valence-corrected chi connectivity index (χ2v) is 3.95. The second kappa shape index (κ2) is 2.95. The van der Waals surface area contributed by atoms with Crippen LogP contribution in [0.1, 0.15) is 12.8 Å². The van der Waals surface area contributed by atoms with Crippen LogP contribution < -0.4 is 5.32 Å². The second-order valence-electron chi connectivity index (χ2n) is 3.95. The first-order chi connectivity index (χ1) is 6.22. The molecule has 2 fully saturated rings. The van der Waals surface area contributed by atoms with Gasteiger partial charge in [0, 0.05) is 13.2 Å². The fraction of sp³-hybridized carbons (Fsp3) is 0.889. The van der Waals surface area contributed by atoms with Gasteiger partial charge in [-0.25, -0.2) is 0 Å². The third-order valence-electron chi connectivity index (χ3n) is 3.26. The van der Waals surface area contributed by atoms with Gasteiger partial charge in [0.05, 0.1) is 18.3 Å². The molecule has 2 saturated heterocycles. The molecule has 0 aromatic carbocycles. The van der Waals surface area contributed by atoms with Crippen molar-refractivity contribution >= 4 is 0 Å². The molecule has 0 saturated carbocycles. The molecule has 4 heteroatoms. The number of aliphatic hydroxyl groups is 1. The fourth-order valence-corrected chi connectivity index (χ4v) is 2.21. The largest absolute Gasteiger partial charge is 0.387 e. The highest BCUT2D eigenvalue weighted by atomic mass is 16.5. The molecule has 2 aliphatic rings. The Bertz CT molecular complexity index is 234. The van der Waals surface area contributed by atoms with E-state index in [1.165, 1.54) is 0 Å². The van der Waals surface area contributed by atoms with Gasteiger partial charge in [0.25, 0.3) is 0 Å². The van der Waals surface area contributed by atoms with Crippen molar-refractivity contribution in [1.29, 1.82) is 5.26 Å². The average Bonchev–Trinajstić information content (AvgIpc) is 2.73. The van der Waals surface area contributed by atoms with Gasteiger partial charge in [0.1, 0.15) is 5.41 Å². The van der Waals surface area contributed by atoms with Crippen molar-refractivity contribution < 1.29 is 9.84 Å². The number of hydrogen-bond donors (Lipinski definition) is 2. The van der Waals surface area contributed by atoms with Crippen molar-refractivity contribution in [3.05, 3.63) is 0 Å². The molecule has 0 bridgehead atoms.